The van der Waals surface area contributed by atoms with E-state index in [2.05, 4.69) is 45.8 Å². The predicted molar refractivity (Wildman–Crippen MR) is 158 cm³/mol. The molecule has 0 radical (unpaired) electrons. The minimum atomic E-state index is -0.839. The number of ketones is 2. The highest BCUT2D eigenvalue weighted by molar-refractivity contribution is 6.04. The van der Waals surface area contributed by atoms with Crippen molar-refractivity contribution in [3.63, 3.8) is 0 Å². The number of oxime groups is 1. The van der Waals surface area contributed by atoms with Crippen LogP contribution in [0.2, 0.25) is 0 Å². The van der Waals surface area contributed by atoms with Gasteiger partial charge in [0, 0.05) is 23.2 Å². The number of amidine groups is 1. The second-order valence-electron chi connectivity index (χ2n) is 15.8. The molecule has 5 aliphatic rings. The van der Waals surface area contributed by atoms with Gasteiger partial charge in [-0.25, -0.2) is 4.79 Å². The number of hydrogen-bond donors (Lipinski definition) is 2. The predicted octanol–water partition coefficient (Wildman–Crippen LogP) is 5.40. The lowest BCUT2D eigenvalue weighted by atomic mass is 9.34. The van der Waals surface area contributed by atoms with Crippen LogP contribution in [0.4, 0.5) is 0 Å². The molecule has 0 spiro atoms. The molecule has 3 fully saturated rings. The lowest BCUT2D eigenvalue weighted by Crippen LogP contribution is -2.65. The van der Waals surface area contributed by atoms with Crippen molar-refractivity contribution in [2.24, 2.45) is 61.1 Å². The highest BCUT2D eigenvalue weighted by Gasteiger charge is 2.71. The summed E-state index contributed by atoms with van der Waals surface area (Å²) in [4.78, 5) is 47.2. The van der Waals surface area contributed by atoms with Crippen LogP contribution in [0, 0.1) is 61.6 Å². The Morgan fingerprint density at radius 2 is 1.76 bits per heavy atom. The largest absolute Gasteiger partial charge is 0.396 e. The van der Waals surface area contributed by atoms with Crippen molar-refractivity contribution in [1.82, 2.24) is 0 Å². The van der Waals surface area contributed by atoms with E-state index in [4.69, 9.17) is 10.6 Å². The molecule has 0 heterocycles. The van der Waals surface area contributed by atoms with Gasteiger partial charge in [-0.2, -0.15) is 5.26 Å². The van der Waals surface area contributed by atoms with Crippen LogP contribution in [0.1, 0.15) is 99.8 Å². The van der Waals surface area contributed by atoms with E-state index in [0.29, 0.717) is 19.3 Å². The van der Waals surface area contributed by atoms with Crippen LogP contribution >= 0.6 is 0 Å². The number of nitriles is 1. The van der Waals surface area contributed by atoms with Crippen molar-refractivity contribution in [3.05, 3.63) is 23.3 Å². The molecule has 0 aromatic rings. The maximum atomic E-state index is 14.5. The first kappa shape index (κ1) is 30.7. The van der Waals surface area contributed by atoms with E-state index >= 15 is 0 Å². The Bertz CT molecular complexity index is 1370. The fraction of sp³-hybridized carbons (Fsp3) is 0.735. The molecule has 5 rings (SSSR count). The third-order valence-corrected chi connectivity index (χ3v) is 12.9. The van der Waals surface area contributed by atoms with E-state index in [1.807, 2.05) is 26.0 Å². The zero-order valence-corrected chi connectivity index (χ0v) is 26.3. The third-order valence-electron chi connectivity index (χ3n) is 12.9. The van der Waals surface area contributed by atoms with Crippen LogP contribution in [0.25, 0.3) is 0 Å². The maximum absolute atomic E-state index is 14.5. The number of fused-ring (bicyclic) bond motifs is 7. The van der Waals surface area contributed by atoms with Crippen molar-refractivity contribution in [1.29, 1.82) is 5.26 Å². The Kier molecular flexibility index (Phi) is 7.01. The topological polar surface area (TPSA) is 143 Å². The average Bonchev–Trinajstić information content (AvgIpc) is 2.90. The Morgan fingerprint density at radius 1 is 1.10 bits per heavy atom. The molecule has 3 N–H and O–H groups in total. The first-order valence-corrected chi connectivity index (χ1v) is 15.5. The Morgan fingerprint density at radius 3 is 2.40 bits per heavy atom. The molecule has 0 aliphatic heterocycles. The van der Waals surface area contributed by atoms with Crippen LogP contribution < -0.4 is 5.73 Å². The fourth-order valence-corrected chi connectivity index (χ4v) is 10.3. The van der Waals surface area contributed by atoms with Gasteiger partial charge < -0.3 is 15.7 Å². The number of aliphatic hydroxyl groups is 1. The summed E-state index contributed by atoms with van der Waals surface area (Å²) >= 11 is 0. The first-order chi connectivity index (χ1) is 19.4. The SMILES string of the molecule is CC1(C)CC[C@]2(C(=O)ON=C(N)CCO)CC[C@]3(C)C(C(=O)C=C4[C@@]5(C)C=C(C#N)C(=O)C(C)(C)[C@@H]5CC[C@]43C)C2C1. The van der Waals surface area contributed by atoms with E-state index in [9.17, 15) is 24.8 Å². The standard InChI is InChI=1S/C34H47N3O5/c1-29(2)11-13-34(28(41)42-37-25(36)9-15-38)14-12-33(7)26(21(34)18-29)22(39)16-24-31(5)17-20(19-35)27(40)30(3,4)23(31)8-10-32(24,33)6/h16-17,21,23,26,38H,8-15,18H2,1-7H3,(H2,36,37)/t21?,23-,26?,31-,32+,33+,34-/m0/s1. The number of carbonyl (C=O) groups is 3. The summed E-state index contributed by atoms with van der Waals surface area (Å²) in [5.74, 6) is -1.05. The highest BCUT2D eigenvalue weighted by atomic mass is 16.7. The first-order valence-electron chi connectivity index (χ1n) is 15.5. The molecule has 0 bridgehead atoms. The minimum absolute atomic E-state index is 0.0182. The monoisotopic (exact) mass is 577 g/mol. The van der Waals surface area contributed by atoms with Crippen molar-refractivity contribution in [2.45, 2.75) is 99.8 Å². The molecular formula is C34H47N3O5. The van der Waals surface area contributed by atoms with Gasteiger partial charge in [-0.15, -0.1) is 0 Å². The number of nitrogens with zero attached hydrogens (tertiary/aromatic N) is 2. The number of carbonyl (C=O) groups excluding carboxylic acids is 3. The molecular weight excluding hydrogens is 530 g/mol. The van der Waals surface area contributed by atoms with Gasteiger partial charge >= 0.3 is 5.97 Å². The Labute approximate surface area is 249 Å². The van der Waals surface area contributed by atoms with E-state index in [1.54, 1.807) is 0 Å². The number of nitrogens with two attached hydrogens (primary N) is 1. The minimum Gasteiger partial charge on any atom is -0.396 e. The molecule has 7 atom stereocenters. The molecule has 8 heteroatoms. The Hall–Kier alpha value is -2.79. The van der Waals surface area contributed by atoms with Gasteiger partial charge in [-0.3, -0.25) is 9.59 Å². The number of Topliss-reactive ketones (excluding diaryl/α,β-unsaturated/α-hetero) is 1. The third kappa shape index (κ3) is 4.02. The number of rotatable bonds is 4. The molecule has 8 nitrogen and oxygen atoms in total. The van der Waals surface area contributed by atoms with Crippen molar-refractivity contribution in [3.8, 4) is 6.07 Å². The molecule has 5 aliphatic carbocycles. The normalized spacial score (nSPS) is 42.1. The van der Waals surface area contributed by atoms with Crippen LogP contribution in [0.5, 0.6) is 0 Å². The Balaban J connectivity index is 1.63. The zero-order valence-electron chi connectivity index (χ0n) is 26.3. The summed E-state index contributed by atoms with van der Waals surface area (Å²) in [7, 11) is 0. The second-order valence-corrected chi connectivity index (χ2v) is 15.8. The smallest absolute Gasteiger partial charge is 0.341 e. The maximum Gasteiger partial charge on any atom is 0.341 e. The quantitative estimate of drug-likeness (QED) is 0.197. The van der Waals surface area contributed by atoms with Gasteiger partial charge in [0.1, 0.15) is 11.9 Å². The van der Waals surface area contributed by atoms with Crippen molar-refractivity contribution < 1.29 is 24.3 Å². The van der Waals surface area contributed by atoms with Crippen LogP contribution in [0.3, 0.4) is 0 Å². The molecule has 3 saturated carbocycles. The summed E-state index contributed by atoms with van der Waals surface area (Å²) in [5.41, 5.74) is 4.08. The summed E-state index contributed by atoms with van der Waals surface area (Å²) < 4.78 is 0. The van der Waals surface area contributed by atoms with Crippen LogP contribution in [0.15, 0.2) is 28.5 Å². The molecule has 0 saturated heterocycles. The molecule has 0 aromatic heterocycles. The highest BCUT2D eigenvalue weighted by Crippen LogP contribution is 2.74. The van der Waals surface area contributed by atoms with Gasteiger partial charge in [0.15, 0.2) is 11.6 Å². The molecule has 2 unspecified atom stereocenters. The van der Waals surface area contributed by atoms with Gasteiger partial charge in [0.2, 0.25) is 0 Å². The van der Waals surface area contributed by atoms with Crippen LogP contribution in [-0.2, 0) is 19.2 Å². The molecule has 42 heavy (non-hydrogen) atoms. The van der Waals surface area contributed by atoms with Gasteiger partial charge in [-0.05, 0) is 79.1 Å². The molecule has 228 valence electrons. The summed E-state index contributed by atoms with van der Waals surface area (Å²) in [6.45, 7) is 14.8. The van der Waals surface area contributed by atoms with Gasteiger partial charge in [-0.1, -0.05) is 65.3 Å². The van der Waals surface area contributed by atoms with E-state index in [1.165, 1.54) is 0 Å². The van der Waals surface area contributed by atoms with Crippen molar-refractivity contribution in [2.75, 3.05) is 6.61 Å². The summed E-state index contributed by atoms with van der Waals surface area (Å²) in [5, 5.41) is 22.9. The second kappa shape index (κ2) is 9.61. The number of hydrogen-bond acceptors (Lipinski definition) is 7. The summed E-state index contributed by atoms with van der Waals surface area (Å²) in [6.07, 6.45) is 8.93. The van der Waals surface area contributed by atoms with Gasteiger partial charge in [0.05, 0.1) is 17.6 Å². The lowest BCUT2D eigenvalue weighted by Gasteiger charge is -2.68. The number of aliphatic hydroxyl groups excluding tert-OH is 1. The molecule has 0 amide bonds. The van der Waals surface area contributed by atoms with Crippen molar-refractivity contribution >= 4 is 23.4 Å². The number of allylic oxidation sites excluding steroid dienone is 4. The van der Waals surface area contributed by atoms with Crippen LogP contribution in [-0.4, -0.2) is 35.1 Å². The lowest BCUT2D eigenvalue weighted by molar-refractivity contribution is -0.193. The average molecular weight is 578 g/mol. The molecule has 0 aromatic carbocycles. The van der Waals surface area contributed by atoms with E-state index in [0.717, 1.165) is 31.3 Å². The summed E-state index contributed by atoms with van der Waals surface area (Å²) in [6, 6.07) is 2.16. The van der Waals surface area contributed by atoms with Gasteiger partial charge in [0.25, 0.3) is 0 Å². The zero-order chi connectivity index (χ0) is 31.1. The fourth-order valence-electron chi connectivity index (χ4n) is 10.3. The van der Waals surface area contributed by atoms with E-state index < -0.39 is 27.6 Å². The van der Waals surface area contributed by atoms with E-state index in [-0.39, 0.29) is 64.6 Å².